The van der Waals surface area contributed by atoms with Crippen molar-refractivity contribution in [1.82, 2.24) is 10.2 Å². The summed E-state index contributed by atoms with van der Waals surface area (Å²) < 4.78 is 5.62. The topological polar surface area (TPSA) is 41.6 Å². The third-order valence-electron chi connectivity index (χ3n) is 3.65. The van der Waals surface area contributed by atoms with Crippen molar-refractivity contribution in [3.05, 3.63) is 22.4 Å². The Hall–Kier alpha value is -0.910. The second-order valence-electron chi connectivity index (χ2n) is 4.85. The number of nitrogens with one attached hydrogen (secondary N) is 1. The summed E-state index contributed by atoms with van der Waals surface area (Å²) in [5.41, 5.74) is 1.19. The van der Waals surface area contributed by atoms with Crippen molar-refractivity contribution in [1.29, 1.82) is 0 Å². The second-order valence-corrected chi connectivity index (χ2v) is 5.63. The molecule has 0 aromatic carbocycles. The molecule has 1 amide bonds. The molecule has 98 valence electrons. The summed E-state index contributed by atoms with van der Waals surface area (Å²) in [6.07, 6.45) is 3.66. The average molecular weight is 266 g/mol. The van der Waals surface area contributed by atoms with Crippen molar-refractivity contribution >= 4 is 17.2 Å². The van der Waals surface area contributed by atoms with Gasteiger partial charge in [-0.2, -0.15) is 11.3 Å². The van der Waals surface area contributed by atoms with Crippen LogP contribution in [0.4, 0.5) is 0 Å². The summed E-state index contributed by atoms with van der Waals surface area (Å²) in [5.74, 6) is 0.198. The first-order valence-corrected chi connectivity index (χ1v) is 7.45. The van der Waals surface area contributed by atoms with Gasteiger partial charge in [0.25, 0.3) is 0 Å². The molecule has 0 saturated carbocycles. The van der Waals surface area contributed by atoms with E-state index >= 15 is 0 Å². The monoisotopic (exact) mass is 266 g/mol. The number of rotatable bonds is 4. The second kappa shape index (κ2) is 5.38. The molecule has 4 nitrogen and oxygen atoms in total. The summed E-state index contributed by atoms with van der Waals surface area (Å²) in [7, 11) is 0. The molecule has 2 saturated heterocycles. The summed E-state index contributed by atoms with van der Waals surface area (Å²) >= 11 is 1.67. The van der Waals surface area contributed by atoms with Crippen molar-refractivity contribution in [2.24, 2.45) is 0 Å². The Balaban J connectivity index is 1.62. The van der Waals surface area contributed by atoms with Crippen molar-refractivity contribution in [2.75, 3.05) is 19.7 Å². The van der Waals surface area contributed by atoms with Crippen LogP contribution in [0.3, 0.4) is 0 Å². The minimum atomic E-state index is 0.0603. The van der Waals surface area contributed by atoms with Crippen molar-refractivity contribution in [3.8, 4) is 0 Å². The van der Waals surface area contributed by atoms with Gasteiger partial charge in [0.1, 0.15) is 6.17 Å². The highest BCUT2D eigenvalue weighted by Crippen LogP contribution is 2.25. The van der Waals surface area contributed by atoms with E-state index in [1.807, 2.05) is 4.90 Å². The Morgan fingerprint density at radius 2 is 2.50 bits per heavy atom. The summed E-state index contributed by atoms with van der Waals surface area (Å²) in [6.45, 7) is 2.12. The van der Waals surface area contributed by atoms with Gasteiger partial charge in [0, 0.05) is 13.2 Å². The SMILES string of the molecule is O=C1CNC(c2ccsc2)N1CCC1CCCO1. The van der Waals surface area contributed by atoms with Gasteiger partial charge in [0.15, 0.2) is 0 Å². The Morgan fingerprint density at radius 3 is 3.22 bits per heavy atom. The lowest BCUT2D eigenvalue weighted by Crippen LogP contribution is -2.32. The molecule has 3 rings (SSSR count). The maximum Gasteiger partial charge on any atom is 0.238 e. The first-order chi connectivity index (χ1) is 8.84. The minimum absolute atomic E-state index is 0.0603. The van der Waals surface area contributed by atoms with Gasteiger partial charge in [-0.15, -0.1) is 0 Å². The molecule has 0 bridgehead atoms. The van der Waals surface area contributed by atoms with E-state index in [0.29, 0.717) is 12.6 Å². The zero-order valence-corrected chi connectivity index (χ0v) is 11.1. The van der Waals surface area contributed by atoms with Crippen LogP contribution in [-0.4, -0.2) is 36.6 Å². The van der Waals surface area contributed by atoms with Crippen LogP contribution in [0.2, 0.25) is 0 Å². The largest absolute Gasteiger partial charge is 0.378 e. The normalized spacial score (nSPS) is 28.2. The standard InChI is InChI=1S/C13H18N2O2S/c16-12-8-14-13(10-4-7-18-9-10)15(12)5-3-11-2-1-6-17-11/h4,7,9,11,13-14H,1-3,5-6,8H2. The van der Waals surface area contributed by atoms with Crippen LogP contribution in [0, 0.1) is 0 Å². The fourth-order valence-electron chi connectivity index (χ4n) is 2.68. The lowest BCUT2D eigenvalue weighted by Gasteiger charge is -2.25. The van der Waals surface area contributed by atoms with Crippen LogP contribution < -0.4 is 5.32 Å². The highest BCUT2D eigenvalue weighted by molar-refractivity contribution is 7.07. The van der Waals surface area contributed by atoms with Gasteiger partial charge in [-0.1, -0.05) is 0 Å². The molecule has 1 aromatic rings. The molecule has 3 heterocycles. The van der Waals surface area contributed by atoms with E-state index in [0.717, 1.165) is 32.4 Å². The molecular formula is C13H18N2O2S. The molecule has 1 aromatic heterocycles. The van der Waals surface area contributed by atoms with Crippen LogP contribution >= 0.6 is 11.3 Å². The number of thiophene rings is 1. The number of carbonyl (C=O) groups excluding carboxylic acids is 1. The van der Waals surface area contributed by atoms with Crippen LogP contribution in [0.15, 0.2) is 16.8 Å². The smallest absolute Gasteiger partial charge is 0.238 e. The van der Waals surface area contributed by atoms with E-state index in [-0.39, 0.29) is 12.1 Å². The number of nitrogens with zero attached hydrogens (tertiary/aromatic N) is 1. The highest BCUT2D eigenvalue weighted by atomic mass is 32.1. The van der Waals surface area contributed by atoms with E-state index in [4.69, 9.17) is 4.74 Å². The predicted octanol–water partition coefficient (Wildman–Crippen LogP) is 1.75. The maximum absolute atomic E-state index is 11.9. The van der Waals surface area contributed by atoms with Crippen molar-refractivity contribution < 1.29 is 9.53 Å². The van der Waals surface area contributed by atoms with Gasteiger partial charge in [-0.25, -0.2) is 0 Å². The molecule has 2 aliphatic rings. The van der Waals surface area contributed by atoms with E-state index in [1.165, 1.54) is 5.56 Å². The summed E-state index contributed by atoms with van der Waals surface area (Å²) in [6, 6.07) is 2.08. The Labute approximate surface area is 111 Å². The van der Waals surface area contributed by atoms with E-state index < -0.39 is 0 Å². The van der Waals surface area contributed by atoms with Crippen LogP contribution in [0.1, 0.15) is 31.0 Å². The van der Waals surface area contributed by atoms with E-state index in [1.54, 1.807) is 11.3 Å². The fourth-order valence-corrected chi connectivity index (χ4v) is 3.36. The summed E-state index contributed by atoms with van der Waals surface area (Å²) in [5, 5.41) is 7.44. The Morgan fingerprint density at radius 1 is 1.56 bits per heavy atom. The number of amides is 1. The van der Waals surface area contributed by atoms with Crippen LogP contribution in [0.25, 0.3) is 0 Å². The predicted molar refractivity (Wildman–Crippen MR) is 70.4 cm³/mol. The number of hydrogen-bond donors (Lipinski definition) is 1. The third kappa shape index (κ3) is 2.43. The highest BCUT2D eigenvalue weighted by Gasteiger charge is 2.32. The molecule has 2 unspecified atom stereocenters. The molecule has 2 fully saturated rings. The van der Waals surface area contributed by atoms with Crippen LogP contribution in [0.5, 0.6) is 0 Å². The van der Waals surface area contributed by atoms with Crippen LogP contribution in [-0.2, 0) is 9.53 Å². The molecule has 1 N–H and O–H groups in total. The Bertz CT molecular complexity index is 401. The number of hydrogen-bond acceptors (Lipinski definition) is 4. The zero-order chi connectivity index (χ0) is 12.4. The molecule has 18 heavy (non-hydrogen) atoms. The minimum Gasteiger partial charge on any atom is -0.378 e. The van der Waals surface area contributed by atoms with Crippen molar-refractivity contribution in [2.45, 2.75) is 31.5 Å². The molecule has 2 atom stereocenters. The van der Waals surface area contributed by atoms with Gasteiger partial charge in [-0.05, 0) is 41.7 Å². The number of carbonyl (C=O) groups is 1. The van der Waals surface area contributed by atoms with Gasteiger partial charge in [0.2, 0.25) is 5.91 Å². The average Bonchev–Trinajstić information content (AvgIpc) is 3.08. The quantitative estimate of drug-likeness (QED) is 0.902. The van der Waals surface area contributed by atoms with Crippen molar-refractivity contribution in [3.63, 3.8) is 0 Å². The summed E-state index contributed by atoms with van der Waals surface area (Å²) in [4.78, 5) is 13.9. The first kappa shape index (κ1) is 12.1. The first-order valence-electron chi connectivity index (χ1n) is 6.51. The lowest BCUT2D eigenvalue weighted by atomic mass is 10.1. The third-order valence-corrected chi connectivity index (χ3v) is 4.36. The van der Waals surface area contributed by atoms with Gasteiger partial charge in [-0.3, -0.25) is 10.1 Å². The van der Waals surface area contributed by atoms with E-state index in [9.17, 15) is 4.79 Å². The zero-order valence-electron chi connectivity index (χ0n) is 10.3. The van der Waals surface area contributed by atoms with E-state index in [2.05, 4.69) is 22.1 Å². The van der Waals surface area contributed by atoms with Gasteiger partial charge < -0.3 is 9.64 Å². The molecule has 0 aliphatic carbocycles. The number of ether oxygens (including phenoxy) is 1. The molecule has 5 heteroatoms. The van der Waals surface area contributed by atoms with Gasteiger partial charge >= 0.3 is 0 Å². The lowest BCUT2D eigenvalue weighted by molar-refractivity contribution is -0.128. The maximum atomic E-state index is 11.9. The molecule has 2 aliphatic heterocycles. The fraction of sp³-hybridized carbons (Fsp3) is 0.615. The molecule has 0 radical (unpaired) electrons. The molecular weight excluding hydrogens is 248 g/mol. The molecule has 0 spiro atoms. The van der Waals surface area contributed by atoms with Gasteiger partial charge in [0.05, 0.1) is 12.6 Å². The Kier molecular flexibility index (Phi) is 3.63.